The molecule has 0 aliphatic heterocycles. The van der Waals surface area contributed by atoms with Crippen LogP contribution in [0.1, 0.15) is 29.8 Å². The molecule has 5 nitrogen and oxygen atoms in total. The maximum atomic E-state index is 12.5. The number of aromatic nitrogens is 2. The van der Waals surface area contributed by atoms with Crippen molar-refractivity contribution in [3.05, 3.63) is 17.0 Å². The molecule has 0 bridgehead atoms. The first kappa shape index (κ1) is 15.8. The van der Waals surface area contributed by atoms with Gasteiger partial charge < -0.3 is 10.0 Å². The largest absolute Gasteiger partial charge is 0.423 e. The predicted octanol–water partition coefficient (Wildman–Crippen LogP) is 1.45. The molecule has 1 aliphatic carbocycles. The van der Waals surface area contributed by atoms with Crippen LogP contribution in [0.25, 0.3) is 0 Å². The quantitative estimate of drug-likeness (QED) is 0.916. The van der Waals surface area contributed by atoms with Gasteiger partial charge in [0.15, 0.2) is 0 Å². The van der Waals surface area contributed by atoms with Crippen molar-refractivity contribution in [1.29, 1.82) is 0 Å². The third-order valence-corrected chi connectivity index (χ3v) is 3.80. The number of nitrogens with zero attached hydrogens (tertiary/aromatic N) is 3. The van der Waals surface area contributed by atoms with Gasteiger partial charge in [-0.05, 0) is 26.7 Å². The smallest absolute Gasteiger partial charge is 0.376 e. The van der Waals surface area contributed by atoms with E-state index in [1.807, 2.05) is 0 Å². The van der Waals surface area contributed by atoms with Crippen molar-refractivity contribution in [3.8, 4) is 0 Å². The summed E-state index contributed by atoms with van der Waals surface area (Å²) < 4.78 is 39.2. The minimum absolute atomic E-state index is 0.0438. The molecule has 2 rings (SSSR count). The van der Waals surface area contributed by atoms with E-state index in [1.165, 1.54) is 0 Å². The lowest BCUT2D eigenvalue weighted by Crippen LogP contribution is -2.47. The van der Waals surface area contributed by atoms with Gasteiger partial charge in [-0.15, -0.1) is 0 Å². The van der Waals surface area contributed by atoms with E-state index in [1.54, 1.807) is 25.6 Å². The van der Waals surface area contributed by atoms with Crippen LogP contribution in [-0.4, -0.2) is 44.0 Å². The maximum Gasteiger partial charge on any atom is 0.423 e. The van der Waals surface area contributed by atoms with Gasteiger partial charge in [0.2, 0.25) is 6.10 Å². The molecule has 0 saturated heterocycles. The molecule has 1 N–H and O–H groups in total. The fraction of sp³-hybridized carbons (Fsp3) is 0.692. The van der Waals surface area contributed by atoms with Gasteiger partial charge in [0, 0.05) is 30.9 Å². The number of carbonyl (C=O) groups is 1. The molecule has 1 amide bonds. The van der Waals surface area contributed by atoms with Crippen LogP contribution in [0, 0.1) is 13.8 Å². The SMILES string of the molecule is Cc1nn(C)c(C)c1CN(C(=O)[C@H](O)C(F)(F)F)C1CC1. The van der Waals surface area contributed by atoms with Gasteiger partial charge >= 0.3 is 6.18 Å². The Hall–Kier alpha value is -1.57. The van der Waals surface area contributed by atoms with Crippen molar-refractivity contribution < 1.29 is 23.1 Å². The summed E-state index contributed by atoms with van der Waals surface area (Å²) in [5.74, 6) is -1.28. The highest BCUT2D eigenvalue weighted by molar-refractivity contribution is 5.82. The zero-order chi connectivity index (χ0) is 15.9. The lowest BCUT2D eigenvalue weighted by atomic mass is 10.1. The highest BCUT2D eigenvalue weighted by Crippen LogP contribution is 2.32. The number of rotatable bonds is 4. The number of amides is 1. The fourth-order valence-electron chi connectivity index (χ4n) is 2.29. The topological polar surface area (TPSA) is 58.4 Å². The Morgan fingerprint density at radius 3 is 2.43 bits per heavy atom. The van der Waals surface area contributed by atoms with Gasteiger partial charge in [-0.25, -0.2) is 0 Å². The Balaban J connectivity index is 2.22. The van der Waals surface area contributed by atoms with Gasteiger partial charge in [0.25, 0.3) is 5.91 Å². The number of aliphatic hydroxyl groups excluding tert-OH is 1. The second-order valence-electron chi connectivity index (χ2n) is 5.41. The molecule has 8 heteroatoms. The van der Waals surface area contributed by atoms with Crippen molar-refractivity contribution in [2.75, 3.05) is 0 Å². The number of halogens is 3. The fourth-order valence-corrected chi connectivity index (χ4v) is 2.29. The Bertz CT molecular complexity index is 550. The Morgan fingerprint density at radius 2 is 2.05 bits per heavy atom. The van der Waals surface area contributed by atoms with Crippen LogP contribution < -0.4 is 0 Å². The first-order valence-corrected chi connectivity index (χ1v) is 6.67. The third kappa shape index (κ3) is 3.20. The van der Waals surface area contributed by atoms with Crippen molar-refractivity contribution in [2.45, 2.75) is 51.6 Å². The number of aryl methyl sites for hydroxylation is 2. The molecule has 21 heavy (non-hydrogen) atoms. The summed E-state index contributed by atoms with van der Waals surface area (Å²) in [5, 5.41) is 13.4. The molecular formula is C13H18F3N3O2. The van der Waals surface area contributed by atoms with Gasteiger partial charge in [0.05, 0.1) is 5.69 Å². The summed E-state index contributed by atoms with van der Waals surface area (Å²) in [6.07, 6.45) is -6.58. The molecule has 118 valence electrons. The summed E-state index contributed by atoms with van der Waals surface area (Å²) in [4.78, 5) is 13.1. The van der Waals surface area contributed by atoms with Gasteiger partial charge in [-0.1, -0.05) is 0 Å². The third-order valence-electron chi connectivity index (χ3n) is 3.80. The lowest BCUT2D eigenvalue weighted by Gasteiger charge is -2.26. The van der Waals surface area contributed by atoms with Crippen LogP contribution in [-0.2, 0) is 18.4 Å². The van der Waals surface area contributed by atoms with Crippen LogP contribution >= 0.6 is 0 Å². The molecule has 1 atom stereocenters. The second kappa shape index (κ2) is 5.32. The summed E-state index contributed by atoms with van der Waals surface area (Å²) in [6, 6.07) is -0.228. The predicted molar refractivity (Wildman–Crippen MR) is 68.3 cm³/mol. The molecule has 1 fully saturated rings. The van der Waals surface area contributed by atoms with Crippen LogP contribution in [0.4, 0.5) is 13.2 Å². The van der Waals surface area contributed by atoms with Gasteiger partial charge in [0.1, 0.15) is 0 Å². The van der Waals surface area contributed by atoms with Crippen molar-refractivity contribution >= 4 is 5.91 Å². The van der Waals surface area contributed by atoms with E-state index in [0.29, 0.717) is 18.5 Å². The van der Waals surface area contributed by atoms with E-state index in [9.17, 15) is 23.1 Å². The van der Waals surface area contributed by atoms with Gasteiger partial charge in [-0.3, -0.25) is 9.48 Å². The normalized spacial score (nSPS) is 16.9. The Kier molecular flexibility index (Phi) is 4.01. The zero-order valence-corrected chi connectivity index (χ0v) is 12.1. The highest BCUT2D eigenvalue weighted by Gasteiger charge is 2.48. The summed E-state index contributed by atoms with van der Waals surface area (Å²) in [7, 11) is 1.74. The Morgan fingerprint density at radius 1 is 1.48 bits per heavy atom. The van der Waals surface area contributed by atoms with Crippen LogP contribution in [0.15, 0.2) is 0 Å². The molecule has 0 aromatic carbocycles. The molecule has 1 aromatic heterocycles. The van der Waals surface area contributed by atoms with Crippen LogP contribution in [0.5, 0.6) is 0 Å². The van der Waals surface area contributed by atoms with E-state index >= 15 is 0 Å². The second-order valence-corrected chi connectivity index (χ2v) is 5.41. The number of aliphatic hydroxyl groups is 1. The summed E-state index contributed by atoms with van der Waals surface area (Å²) in [6.45, 7) is 3.59. The monoisotopic (exact) mass is 305 g/mol. The molecule has 1 aliphatic rings. The first-order chi connectivity index (χ1) is 9.62. The Labute approximate surface area is 120 Å². The summed E-state index contributed by atoms with van der Waals surface area (Å²) >= 11 is 0. The average molecular weight is 305 g/mol. The number of alkyl halides is 3. The molecular weight excluding hydrogens is 287 g/mol. The molecule has 0 unspecified atom stereocenters. The summed E-state index contributed by atoms with van der Waals surface area (Å²) in [5.41, 5.74) is 2.20. The highest BCUT2D eigenvalue weighted by atomic mass is 19.4. The minimum Gasteiger partial charge on any atom is -0.376 e. The van der Waals surface area contributed by atoms with Crippen molar-refractivity contribution in [3.63, 3.8) is 0 Å². The zero-order valence-electron chi connectivity index (χ0n) is 12.1. The number of hydrogen-bond donors (Lipinski definition) is 1. The first-order valence-electron chi connectivity index (χ1n) is 6.67. The molecule has 0 spiro atoms. The van der Waals surface area contributed by atoms with E-state index in [4.69, 9.17) is 0 Å². The molecule has 0 radical (unpaired) electrons. The van der Waals surface area contributed by atoms with E-state index in [-0.39, 0.29) is 12.6 Å². The maximum absolute atomic E-state index is 12.5. The minimum atomic E-state index is -4.94. The van der Waals surface area contributed by atoms with Gasteiger partial charge in [-0.2, -0.15) is 18.3 Å². The molecule has 1 aromatic rings. The standard InChI is InChI=1S/C13H18F3N3O2/c1-7-10(8(2)18(3)17-7)6-19(9-4-5-9)12(21)11(20)13(14,15)16/h9,11,20H,4-6H2,1-3H3/t11-/m0/s1. The molecule has 1 saturated carbocycles. The van der Waals surface area contributed by atoms with Crippen molar-refractivity contribution in [1.82, 2.24) is 14.7 Å². The molecule has 1 heterocycles. The average Bonchev–Trinajstić information content (AvgIpc) is 3.17. The van der Waals surface area contributed by atoms with Crippen LogP contribution in [0.2, 0.25) is 0 Å². The number of carbonyl (C=O) groups excluding carboxylic acids is 1. The lowest BCUT2D eigenvalue weighted by molar-refractivity contribution is -0.211. The van der Waals surface area contributed by atoms with E-state index in [2.05, 4.69) is 5.10 Å². The van der Waals surface area contributed by atoms with Crippen LogP contribution in [0.3, 0.4) is 0 Å². The van der Waals surface area contributed by atoms with E-state index < -0.39 is 18.2 Å². The van der Waals surface area contributed by atoms with E-state index in [0.717, 1.165) is 16.2 Å². The number of hydrogen-bond acceptors (Lipinski definition) is 3. The van der Waals surface area contributed by atoms with Crippen molar-refractivity contribution in [2.24, 2.45) is 7.05 Å².